The molecule has 0 amide bonds. The fraction of sp³-hybridized carbons (Fsp3) is 0.200. The predicted octanol–water partition coefficient (Wildman–Crippen LogP) is 2.35. The van der Waals surface area contributed by atoms with Gasteiger partial charge in [0.25, 0.3) is 0 Å². The molecule has 0 radical (unpaired) electrons. The van der Waals surface area contributed by atoms with E-state index in [2.05, 4.69) is 15.6 Å². The number of aromatic amines is 1. The topological polar surface area (TPSA) is 54.9 Å². The minimum absolute atomic E-state index is 0.518. The van der Waals surface area contributed by atoms with Gasteiger partial charge in [-0.2, -0.15) is 5.10 Å². The van der Waals surface area contributed by atoms with E-state index in [1.807, 2.05) is 18.2 Å². The van der Waals surface area contributed by atoms with Crippen molar-refractivity contribution in [2.24, 2.45) is 0 Å². The first-order valence-electron chi connectivity index (χ1n) is 4.89. The van der Waals surface area contributed by atoms with E-state index in [9.17, 15) is 0 Å². The molecule has 1 aromatic heterocycles. The SMILES string of the molecule is COc1ccc(CNn2cn[nH]c2=S)cc1Cl. The molecule has 0 saturated carbocycles. The predicted molar refractivity (Wildman–Crippen MR) is 68.5 cm³/mol. The molecule has 0 aliphatic carbocycles. The summed E-state index contributed by atoms with van der Waals surface area (Å²) in [7, 11) is 1.59. The van der Waals surface area contributed by atoms with Gasteiger partial charge >= 0.3 is 0 Å². The van der Waals surface area contributed by atoms with E-state index in [0.717, 1.165) is 5.56 Å². The molecule has 0 spiro atoms. The maximum atomic E-state index is 6.02. The van der Waals surface area contributed by atoms with Crippen molar-refractivity contribution >= 4 is 23.8 Å². The first-order chi connectivity index (χ1) is 8.20. The van der Waals surface area contributed by atoms with E-state index in [1.165, 1.54) is 0 Å². The molecule has 0 atom stereocenters. The molecule has 0 aliphatic heterocycles. The lowest BCUT2D eigenvalue weighted by Crippen LogP contribution is -2.13. The summed E-state index contributed by atoms with van der Waals surface area (Å²) < 4.78 is 7.23. The molecule has 2 aromatic rings. The molecule has 90 valence electrons. The van der Waals surface area contributed by atoms with Crippen LogP contribution in [0.4, 0.5) is 0 Å². The smallest absolute Gasteiger partial charge is 0.214 e. The largest absolute Gasteiger partial charge is 0.495 e. The van der Waals surface area contributed by atoms with Gasteiger partial charge in [0.05, 0.1) is 18.7 Å². The Bertz CT molecular complexity index is 565. The van der Waals surface area contributed by atoms with Crippen molar-refractivity contribution in [2.45, 2.75) is 6.54 Å². The van der Waals surface area contributed by atoms with E-state index >= 15 is 0 Å². The second-order valence-electron chi connectivity index (χ2n) is 3.34. The Kier molecular flexibility index (Phi) is 3.65. The quantitative estimate of drug-likeness (QED) is 0.838. The van der Waals surface area contributed by atoms with Gasteiger partial charge in [-0.25, -0.2) is 4.68 Å². The molecule has 1 heterocycles. The van der Waals surface area contributed by atoms with E-state index in [1.54, 1.807) is 18.1 Å². The highest BCUT2D eigenvalue weighted by Gasteiger charge is 2.01. The minimum atomic E-state index is 0.518. The van der Waals surface area contributed by atoms with Crippen molar-refractivity contribution in [1.82, 2.24) is 14.9 Å². The van der Waals surface area contributed by atoms with E-state index in [4.69, 9.17) is 28.6 Å². The van der Waals surface area contributed by atoms with Crippen molar-refractivity contribution in [2.75, 3.05) is 12.5 Å². The van der Waals surface area contributed by atoms with Crippen molar-refractivity contribution in [3.05, 3.63) is 39.9 Å². The molecule has 2 rings (SSSR count). The lowest BCUT2D eigenvalue weighted by molar-refractivity contribution is 0.415. The third-order valence-electron chi connectivity index (χ3n) is 2.22. The van der Waals surface area contributed by atoms with Crippen molar-refractivity contribution in [3.63, 3.8) is 0 Å². The fourth-order valence-corrected chi connectivity index (χ4v) is 1.80. The van der Waals surface area contributed by atoms with Gasteiger partial charge in [0, 0.05) is 0 Å². The number of hydrogen-bond acceptors (Lipinski definition) is 4. The Hall–Kier alpha value is -1.53. The monoisotopic (exact) mass is 270 g/mol. The molecule has 7 heteroatoms. The number of halogens is 1. The number of ether oxygens (including phenoxy) is 1. The van der Waals surface area contributed by atoms with Crippen LogP contribution in [0.15, 0.2) is 24.5 Å². The van der Waals surface area contributed by atoms with Crippen molar-refractivity contribution in [3.8, 4) is 5.75 Å². The van der Waals surface area contributed by atoms with Crippen LogP contribution in [0.1, 0.15) is 5.56 Å². The van der Waals surface area contributed by atoms with Crippen molar-refractivity contribution in [1.29, 1.82) is 0 Å². The Morgan fingerprint density at radius 1 is 1.59 bits per heavy atom. The van der Waals surface area contributed by atoms with Gasteiger partial charge < -0.3 is 10.2 Å². The lowest BCUT2D eigenvalue weighted by Gasteiger charge is -2.08. The summed E-state index contributed by atoms with van der Waals surface area (Å²) in [6, 6.07) is 5.60. The number of rotatable bonds is 4. The lowest BCUT2D eigenvalue weighted by atomic mass is 10.2. The zero-order chi connectivity index (χ0) is 12.3. The molecule has 0 aliphatic rings. The highest BCUT2D eigenvalue weighted by molar-refractivity contribution is 7.71. The van der Waals surface area contributed by atoms with Gasteiger partial charge in [-0.1, -0.05) is 17.7 Å². The third kappa shape index (κ3) is 2.78. The summed E-state index contributed by atoms with van der Waals surface area (Å²) in [5.41, 5.74) is 4.12. The molecular formula is C10H11ClN4OS. The molecule has 0 unspecified atom stereocenters. The van der Waals surface area contributed by atoms with Crippen LogP contribution in [-0.4, -0.2) is 22.0 Å². The van der Waals surface area contributed by atoms with Gasteiger partial charge in [-0.05, 0) is 29.9 Å². The molecular weight excluding hydrogens is 260 g/mol. The van der Waals surface area contributed by atoms with Crippen LogP contribution in [0.2, 0.25) is 5.02 Å². The number of methoxy groups -OCH3 is 1. The standard InChI is InChI=1S/C10H11ClN4OS/c1-16-9-3-2-7(4-8(9)11)5-13-15-6-12-14-10(15)17/h2-4,6,13H,5H2,1H3,(H,14,17). The Labute approximate surface area is 108 Å². The van der Waals surface area contributed by atoms with Crippen LogP contribution in [0.25, 0.3) is 0 Å². The Balaban J connectivity index is 2.07. The minimum Gasteiger partial charge on any atom is -0.495 e. The maximum Gasteiger partial charge on any atom is 0.214 e. The number of aromatic nitrogens is 3. The Morgan fingerprint density at radius 3 is 3.00 bits per heavy atom. The number of benzene rings is 1. The zero-order valence-electron chi connectivity index (χ0n) is 9.11. The maximum absolute atomic E-state index is 6.02. The second-order valence-corrected chi connectivity index (χ2v) is 4.13. The summed E-state index contributed by atoms with van der Waals surface area (Å²) in [6.07, 6.45) is 1.58. The molecule has 1 aromatic carbocycles. The summed E-state index contributed by atoms with van der Waals surface area (Å²) in [5, 5.41) is 7.04. The first kappa shape index (κ1) is 11.9. The van der Waals surface area contributed by atoms with Crippen molar-refractivity contribution < 1.29 is 4.74 Å². The number of H-pyrrole nitrogens is 1. The van der Waals surface area contributed by atoms with Gasteiger partial charge in [0.2, 0.25) is 4.77 Å². The van der Waals surface area contributed by atoms with Gasteiger partial charge in [-0.3, -0.25) is 5.10 Å². The van der Waals surface area contributed by atoms with Crippen LogP contribution in [-0.2, 0) is 6.54 Å². The summed E-state index contributed by atoms with van der Waals surface area (Å²) in [6.45, 7) is 0.595. The van der Waals surface area contributed by atoms with Crippen LogP contribution in [0.5, 0.6) is 5.75 Å². The molecule has 0 saturated heterocycles. The Morgan fingerprint density at radius 2 is 2.41 bits per heavy atom. The molecule has 0 fully saturated rings. The first-order valence-corrected chi connectivity index (χ1v) is 5.67. The third-order valence-corrected chi connectivity index (χ3v) is 2.81. The summed E-state index contributed by atoms with van der Waals surface area (Å²) in [4.78, 5) is 0. The van der Waals surface area contributed by atoms with Gasteiger partial charge in [0.1, 0.15) is 12.1 Å². The molecule has 0 bridgehead atoms. The summed E-state index contributed by atoms with van der Waals surface area (Å²) >= 11 is 11.0. The average molecular weight is 271 g/mol. The fourth-order valence-electron chi connectivity index (χ4n) is 1.36. The van der Waals surface area contributed by atoms with Crippen LogP contribution in [0, 0.1) is 4.77 Å². The van der Waals surface area contributed by atoms with Gasteiger partial charge in [-0.15, -0.1) is 0 Å². The number of nitrogens with zero attached hydrogens (tertiary/aromatic N) is 2. The van der Waals surface area contributed by atoms with Crippen LogP contribution in [0.3, 0.4) is 0 Å². The summed E-state index contributed by atoms with van der Waals surface area (Å²) in [5.74, 6) is 0.662. The van der Waals surface area contributed by atoms with Gasteiger partial charge in [0.15, 0.2) is 0 Å². The average Bonchev–Trinajstić information content (AvgIpc) is 2.72. The molecule has 2 N–H and O–H groups in total. The van der Waals surface area contributed by atoms with E-state index in [0.29, 0.717) is 22.1 Å². The number of nitrogens with one attached hydrogen (secondary N) is 2. The van der Waals surface area contributed by atoms with E-state index in [-0.39, 0.29) is 0 Å². The molecule has 5 nitrogen and oxygen atoms in total. The zero-order valence-corrected chi connectivity index (χ0v) is 10.7. The highest BCUT2D eigenvalue weighted by atomic mass is 35.5. The second kappa shape index (κ2) is 5.20. The molecule has 17 heavy (non-hydrogen) atoms. The normalized spacial score (nSPS) is 10.2. The van der Waals surface area contributed by atoms with Crippen LogP contribution >= 0.6 is 23.8 Å². The van der Waals surface area contributed by atoms with E-state index < -0.39 is 0 Å². The highest BCUT2D eigenvalue weighted by Crippen LogP contribution is 2.24. The van der Waals surface area contributed by atoms with Crippen LogP contribution < -0.4 is 10.2 Å². The number of hydrogen-bond donors (Lipinski definition) is 2.